The second kappa shape index (κ2) is 7.13. The van der Waals surface area contributed by atoms with Crippen LogP contribution in [0.4, 0.5) is 4.79 Å². The summed E-state index contributed by atoms with van der Waals surface area (Å²) in [5.41, 5.74) is 3.12. The molecule has 0 spiro atoms. The number of carbonyl (C=O) groups is 2. The number of rotatable bonds is 5. The number of nitrogens with one attached hydrogen (secondary N) is 1. The van der Waals surface area contributed by atoms with Gasteiger partial charge < -0.3 is 19.4 Å². The fourth-order valence-electron chi connectivity index (χ4n) is 2.95. The van der Waals surface area contributed by atoms with Crippen LogP contribution in [-0.4, -0.2) is 52.0 Å². The Kier molecular flexibility index (Phi) is 4.92. The van der Waals surface area contributed by atoms with Gasteiger partial charge in [0.15, 0.2) is 0 Å². The molecular formula is C18H24N4O3. The average Bonchev–Trinajstić information content (AvgIpc) is 2.94. The number of aryl methyl sites for hydroxylation is 2. The van der Waals surface area contributed by atoms with E-state index in [0.29, 0.717) is 30.9 Å². The van der Waals surface area contributed by atoms with Crippen LogP contribution in [-0.2, 0) is 4.74 Å². The summed E-state index contributed by atoms with van der Waals surface area (Å²) in [4.78, 5) is 30.4. The molecule has 0 bridgehead atoms. The highest BCUT2D eigenvalue weighted by Crippen LogP contribution is 2.16. The molecule has 2 aromatic heterocycles. The average molecular weight is 344 g/mol. The van der Waals surface area contributed by atoms with E-state index in [0.717, 1.165) is 24.2 Å². The van der Waals surface area contributed by atoms with Gasteiger partial charge in [-0.25, -0.2) is 9.78 Å². The third kappa shape index (κ3) is 3.60. The van der Waals surface area contributed by atoms with Gasteiger partial charge in [0.25, 0.3) is 5.91 Å². The Morgan fingerprint density at radius 2 is 2.12 bits per heavy atom. The van der Waals surface area contributed by atoms with Crippen LogP contribution in [0.5, 0.6) is 0 Å². The van der Waals surface area contributed by atoms with Crippen molar-refractivity contribution in [3.63, 3.8) is 0 Å². The lowest BCUT2D eigenvalue weighted by Gasteiger charge is -2.38. The van der Waals surface area contributed by atoms with Gasteiger partial charge in [-0.2, -0.15) is 0 Å². The zero-order valence-corrected chi connectivity index (χ0v) is 14.9. The van der Waals surface area contributed by atoms with Crippen molar-refractivity contribution in [1.29, 1.82) is 0 Å². The van der Waals surface area contributed by atoms with E-state index in [2.05, 4.69) is 10.3 Å². The van der Waals surface area contributed by atoms with Crippen LogP contribution >= 0.6 is 0 Å². The Hall–Kier alpha value is -2.57. The summed E-state index contributed by atoms with van der Waals surface area (Å²) >= 11 is 0. The number of hydrogen-bond acceptors (Lipinski definition) is 4. The number of ether oxygens (including phenoxy) is 1. The van der Waals surface area contributed by atoms with E-state index in [1.165, 1.54) is 0 Å². The maximum absolute atomic E-state index is 12.5. The number of fused-ring (bicyclic) bond motifs is 1. The highest BCUT2D eigenvalue weighted by Gasteiger charge is 2.33. The van der Waals surface area contributed by atoms with E-state index in [9.17, 15) is 9.59 Å². The van der Waals surface area contributed by atoms with Gasteiger partial charge in [0, 0.05) is 30.7 Å². The molecule has 25 heavy (non-hydrogen) atoms. The highest BCUT2D eigenvalue weighted by molar-refractivity contribution is 6.00. The molecule has 0 atom stereocenters. The fraction of sp³-hybridized carbons (Fsp3) is 0.500. The van der Waals surface area contributed by atoms with E-state index < -0.39 is 0 Å². The Balaban J connectivity index is 1.57. The summed E-state index contributed by atoms with van der Waals surface area (Å²) in [7, 11) is 0. The van der Waals surface area contributed by atoms with Gasteiger partial charge in [0.05, 0.1) is 18.2 Å². The van der Waals surface area contributed by atoms with Crippen LogP contribution in [0.2, 0.25) is 0 Å². The summed E-state index contributed by atoms with van der Waals surface area (Å²) in [5.74, 6) is -0.163. The first kappa shape index (κ1) is 17.3. The Labute approximate surface area is 147 Å². The summed E-state index contributed by atoms with van der Waals surface area (Å²) in [6.45, 7) is 7.35. The summed E-state index contributed by atoms with van der Waals surface area (Å²) < 4.78 is 7.06. The Morgan fingerprint density at radius 3 is 2.84 bits per heavy atom. The second-order valence-electron chi connectivity index (χ2n) is 6.51. The Morgan fingerprint density at radius 1 is 1.36 bits per heavy atom. The highest BCUT2D eigenvalue weighted by atomic mass is 16.6. The van der Waals surface area contributed by atoms with Gasteiger partial charge in [-0.1, -0.05) is 13.3 Å². The number of carbonyl (C=O) groups excluding carboxylic acids is 2. The lowest BCUT2D eigenvalue weighted by Crippen LogP contribution is -2.61. The molecule has 0 aliphatic carbocycles. The number of likely N-dealkylation sites (tertiary alicyclic amines) is 1. The molecule has 0 unspecified atom stereocenters. The minimum absolute atomic E-state index is 0.0490. The molecule has 7 heteroatoms. The third-order valence-corrected chi connectivity index (χ3v) is 4.38. The van der Waals surface area contributed by atoms with Gasteiger partial charge in [-0.05, 0) is 32.4 Å². The first-order valence-electron chi connectivity index (χ1n) is 8.67. The number of nitrogens with zero attached hydrogens (tertiary/aromatic N) is 3. The van der Waals surface area contributed by atoms with Crippen molar-refractivity contribution in [2.45, 2.75) is 39.7 Å². The van der Waals surface area contributed by atoms with Crippen molar-refractivity contribution in [2.75, 3.05) is 19.7 Å². The van der Waals surface area contributed by atoms with Crippen molar-refractivity contribution in [3.05, 3.63) is 35.3 Å². The van der Waals surface area contributed by atoms with Crippen molar-refractivity contribution in [1.82, 2.24) is 19.6 Å². The number of amides is 2. The zero-order valence-electron chi connectivity index (χ0n) is 14.9. The molecule has 1 N–H and O–H groups in total. The van der Waals surface area contributed by atoms with Crippen LogP contribution in [0.15, 0.2) is 18.3 Å². The molecule has 0 saturated carbocycles. The molecule has 1 fully saturated rings. The molecule has 1 aliphatic heterocycles. The first-order valence-corrected chi connectivity index (χ1v) is 8.67. The molecule has 7 nitrogen and oxygen atoms in total. The minimum Gasteiger partial charge on any atom is -0.449 e. The maximum atomic E-state index is 12.5. The van der Waals surface area contributed by atoms with Crippen molar-refractivity contribution >= 4 is 17.6 Å². The predicted molar refractivity (Wildman–Crippen MR) is 93.7 cm³/mol. The molecule has 3 rings (SSSR count). The van der Waals surface area contributed by atoms with E-state index in [4.69, 9.17) is 4.74 Å². The standard InChI is InChI=1S/C18H24N4O3/c1-4-5-8-25-18(24)21-10-14(11-21)20-17(23)15-6-7-22-13(3)9-12(2)19-16(15)22/h6-7,9,14H,4-5,8,10-11H2,1-3H3,(H,20,23). The number of unbranched alkanes of at least 4 members (excludes halogenated alkanes) is 1. The van der Waals surface area contributed by atoms with Crippen LogP contribution in [0.25, 0.3) is 5.65 Å². The molecular weight excluding hydrogens is 320 g/mol. The number of hydrogen-bond donors (Lipinski definition) is 1. The lowest BCUT2D eigenvalue weighted by molar-refractivity contribution is 0.0592. The summed E-state index contributed by atoms with van der Waals surface area (Å²) in [5, 5.41) is 2.96. The van der Waals surface area contributed by atoms with Crippen LogP contribution in [0.1, 0.15) is 41.5 Å². The van der Waals surface area contributed by atoms with Gasteiger partial charge >= 0.3 is 6.09 Å². The maximum Gasteiger partial charge on any atom is 0.409 e. The molecule has 0 aromatic carbocycles. The van der Waals surface area contributed by atoms with E-state index in [-0.39, 0.29) is 18.0 Å². The van der Waals surface area contributed by atoms with Crippen LogP contribution in [0, 0.1) is 13.8 Å². The summed E-state index contributed by atoms with van der Waals surface area (Å²) in [6, 6.07) is 3.70. The molecule has 2 aromatic rings. The Bertz CT molecular complexity index is 793. The normalized spacial score (nSPS) is 14.4. The smallest absolute Gasteiger partial charge is 0.409 e. The quantitative estimate of drug-likeness (QED) is 0.845. The monoisotopic (exact) mass is 344 g/mol. The molecule has 1 saturated heterocycles. The van der Waals surface area contributed by atoms with Gasteiger partial charge in [0.2, 0.25) is 0 Å². The second-order valence-corrected chi connectivity index (χ2v) is 6.51. The topological polar surface area (TPSA) is 75.9 Å². The van der Waals surface area contributed by atoms with Gasteiger partial charge in [-0.15, -0.1) is 0 Å². The van der Waals surface area contributed by atoms with Gasteiger partial charge in [-0.3, -0.25) is 4.79 Å². The number of aromatic nitrogens is 2. The van der Waals surface area contributed by atoms with Gasteiger partial charge in [0.1, 0.15) is 5.65 Å². The molecule has 1 aliphatic rings. The van der Waals surface area contributed by atoms with Crippen LogP contribution < -0.4 is 5.32 Å². The summed E-state index contributed by atoms with van der Waals surface area (Å²) in [6.07, 6.45) is 3.41. The van der Waals surface area contributed by atoms with Crippen molar-refractivity contribution in [3.8, 4) is 0 Å². The zero-order chi connectivity index (χ0) is 18.0. The van der Waals surface area contributed by atoms with Crippen molar-refractivity contribution in [2.24, 2.45) is 0 Å². The van der Waals surface area contributed by atoms with E-state index in [1.807, 2.05) is 37.4 Å². The molecule has 134 valence electrons. The minimum atomic E-state index is -0.304. The van der Waals surface area contributed by atoms with E-state index >= 15 is 0 Å². The molecule has 2 amide bonds. The van der Waals surface area contributed by atoms with E-state index in [1.54, 1.807) is 11.0 Å². The SMILES string of the molecule is CCCCOC(=O)N1CC(NC(=O)c2ccn3c(C)cc(C)nc23)C1. The first-order chi connectivity index (χ1) is 12.0. The van der Waals surface area contributed by atoms with Crippen molar-refractivity contribution < 1.29 is 14.3 Å². The largest absolute Gasteiger partial charge is 0.449 e. The predicted octanol–water partition coefficient (Wildman–Crippen LogP) is 2.30. The third-order valence-electron chi connectivity index (χ3n) is 4.38. The lowest BCUT2D eigenvalue weighted by atomic mass is 10.1. The molecule has 0 radical (unpaired) electrons. The van der Waals surface area contributed by atoms with Crippen LogP contribution in [0.3, 0.4) is 0 Å². The molecule has 3 heterocycles. The fourth-order valence-corrected chi connectivity index (χ4v) is 2.95.